The molecule has 4 heteroatoms. The Kier molecular flexibility index (Phi) is 5.05. The number of amides is 1. The number of carbonyl (C=O) groups is 1. The van der Waals surface area contributed by atoms with Crippen molar-refractivity contribution in [3.05, 3.63) is 59.5 Å². The number of furan rings is 1. The van der Waals surface area contributed by atoms with Gasteiger partial charge in [0, 0.05) is 37.9 Å². The maximum Gasteiger partial charge on any atom is 0.223 e. The summed E-state index contributed by atoms with van der Waals surface area (Å²) < 4.78 is 5.33. The van der Waals surface area contributed by atoms with Crippen molar-refractivity contribution in [3.8, 4) is 0 Å². The van der Waals surface area contributed by atoms with Gasteiger partial charge in [-0.15, -0.1) is 0 Å². The van der Waals surface area contributed by atoms with E-state index >= 15 is 0 Å². The van der Waals surface area contributed by atoms with E-state index in [0.717, 1.165) is 18.8 Å². The van der Waals surface area contributed by atoms with Gasteiger partial charge in [0.2, 0.25) is 5.91 Å². The van der Waals surface area contributed by atoms with Crippen LogP contribution in [0.15, 0.2) is 47.1 Å². The first-order valence-electron chi connectivity index (χ1n) is 8.57. The van der Waals surface area contributed by atoms with E-state index < -0.39 is 0 Å². The number of aryl methyl sites for hydroxylation is 2. The van der Waals surface area contributed by atoms with Gasteiger partial charge in [-0.05, 0) is 38.7 Å². The predicted octanol–water partition coefficient (Wildman–Crippen LogP) is 3.08. The monoisotopic (exact) mass is 326 g/mol. The number of likely N-dealkylation sites (N-methyl/N-ethyl adjacent to an activating group) is 1. The third-order valence-corrected chi connectivity index (χ3v) is 4.98. The number of hydrogen-bond acceptors (Lipinski definition) is 3. The van der Waals surface area contributed by atoms with Crippen molar-refractivity contribution in [2.45, 2.75) is 31.7 Å². The third kappa shape index (κ3) is 3.70. The van der Waals surface area contributed by atoms with E-state index in [1.54, 1.807) is 6.26 Å². The molecule has 0 saturated carbocycles. The molecular weight excluding hydrogens is 300 g/mol. The number of likely N-dealkylation sites (tertiary alicyclic amines) is 1. The standard InChI is InChI=1S/C20H26N2O2/c1-15-6-8-16(9-7-15)18-13-22(14-19(18)21(2)3)20(23)11-10-17-5-4-12-24-17/h4-9,12,18-19H,10-11,13-14H2,1-3H3. The summed E-state index contributed by atoms with van der Waals surface area (Å²) in [5.41, 5.74) is 2.59. The lowest BCUT2D eigenvalue weighted by Gasteiger charge is -2.25. The van der Waals surface area contributed by atoms with E-state index in [1.807, 2.05) is 17.0 Å². The molecule has 1 aliphatic heterocycles. The van der Waals surface area contributed by atoms with Gasteiger partial charge in [-0.25, -0.2) is 0 Å². The number of nitrogens with zero attached hydrogens (tertiary/aromatic N) is 2. The van der Waals surface area contributed by atoms with E-state index in [0.29, 0.717) is 24.8 Å². The maximum absolute atomic E-state index is 12.6. The molecule has 3 rings (SSSR count). The van der Waals surface area contributed by atoms with E-state index in [1.165, 1.54) is 11.1 Å². The minimum Gasteiger partial charge on any atom is -0.469 e. The summed E-state index contributed by atoms with van der Waals surface area (Å²) in [5.74, 6) is 1.46. The van der Waals surface area contributed by atoms with E-state index in [-0.39, 0.29) is 5.91 Å². The van der Waals surface area contributed by atoms with Crippen LogP contribution >= 0.6 is 0 Å². The van der Waals surface area contributed by atoms with Crippen molar-refractivity contribution in [1.82, 2.24) is 9.80 Å². The Hall–Kier alpha value is -2.07. The van der Waals surface area contributed by atoms with Crippen LogP contribution in [0.2, 0.25) is 0 Å². The maximum atomic E-state index is 12.6. The quantitative estimate of drug-likeness (QED) is 0.847. The molecule has 4 nitrogen and oxygen atoms in total. The zero-order valence-electron chi connectivity index (χ0n) is 14.7. The summed E-state index contributed by atoms with van der Waals surface area (Å²) in [6.45, 7) is 3.69. The van der Waals surface area contributed by atoms with Gasteiger partial charge in [0.15, 0.2) is 0 Å². The van der Waals surface area contributed by atoms with E-state index in [9.17, 15) is 4.79 Å². The molecule has 0 N–H and O–H groups in total. The molecule has 24 heavy (non-hydrogen) atoms. The Morgan fingerprint density at radius 2 is 1.96 bits per heavy atom. The van der Waals surface area contributed by atoms with Gasteiger partial charge in [0.05, 0.1) is 6.26 Å². The molecule has 1 aliphatic rings. The van der Waals surface area contributed by atoms with Crippen LogP contribution in [0.4, 0.5) is 0 Å². The topological polar surface area (TPSA) is 36.7 Å². The second kappa shape index (κ2) is 7.22. The molecule has 128 valence electrons. The molecule has 1 saturated heterocycles. The third-order valence-electron chi connectivity index (χ3n) is 4.98. The first kappa shape index (κ1) is 16.8. The van der Waals surface area contributed by atoms with Crippen LogP contribution in [0.25, 0.3) is 0 Å². The van der Waals surface area contributed by atoms with Gasteiger partial charge in [0.1, 0.15) is 5.76 Å². The lowest BCUT2D eigenvalue weighted by molar-refractivity contribution is -0.130. The number of benzene rings is 1. The van der Waals surface area contributed by atoms with E-state index in [2.05, 4.69) is 50.2 Å². The van der Waals surface area contributed by atoms with Crippen molar-refractivity contribution < 1.29 is 9.21 Å². The summed E-state index contributed by atoms with van der Waals surface area (Å²) in [4.78, 5) is 16.9. The minimum absolute atomic E-state index is 0.216. The summed E-state index contributed by atoms with van der Waals surface area (Å²) in [6.07, 6.45) is 2.84. The summed E-state index contributed by atoms with van der Waals surface area (Å²) in [5, 5.41) is 0. The second-order valence-corrected chi connectivity index (χ2v) is 6.93. The Morgan fingerprint density at radius 3 is 2.58 bits per heavy atom. The fourth-order valence-electron chi connectivity index (χ4n) is 3.50. The first-order chi connectivity index (χ1) is 11.5. The first-order valence-corrected chi connectivity index (χ1v) is 8.57. The lowest BCUT2D eigenvalue weighted by Crippen LogP contribution is -2.35. The van der Waals surface area contributed by atoms with Gasteiger partial charge < -0.3 is 14.2 Å². The molecule has 0 bridgehead atoms. The van der Waals surface area contributed by atoms with Crippen molar-refractivity contribution in [2.75, 3.05) is 27.2 Å². The molecule has 2 heterocycles. The van der Waals surface area contributed by atoms with Crippen molar-refractivity contribution >= 4 is 5.91 Å². The van der Waals surface area contributed by atoms with Crippen LogP contribution < -0.4 is 0 Å². The Bertz CT molecular complexity index is 661. The number of hydrogen-bond donors (Lipinski definition) is 0. The highest BCUT2D eigenvalue weighted by atomic mass is 16.3. The summed E-state index contributed by atoms with van der Waals surface area (Å²) in [6, 6.07) is 12.9. The van der Waals surface area contributed by atoms with Crippen LogP contribution in [-0.2, 0) is 11.2 Å². The molecule has 1 fully saturated rings. The zero-order valence-corrected chi connectivity index (χ0v) is 14.7. The molecule has 0 spiro atoms. The highest BCUT2D eigenvalue weighted by molar-refractivity contribution is 5.77. The van der Waals surface area contributed by atoms with Gasteiger partial charge in [-0.3, -0.25) is 4.79 Å². The van der Waals surface area contributed by atoms with E-state index in [4.69, 9.17) is 4.42 Å². The lowest BCUT2D eigenvalue weighted by atomic mass is 9.93. The normalized spacial score (nSPS) is 20.8. The van der Waals surface area contributed by atoms with Crippen molar-refractivity contribution in [2.24, 2.45) is 0 Å². The molecule has 0 radical (unpaired) electrons. The summed E-state index contributed by atoms with van der Waals surface area (Å²) >= 11 is 0. The van der Waals surface area contributed by atoms with Crippen molar-refractivity contribution in [3.63, 3.8) is 0 Å². The van der Waals surface area contributed by atoms with Crippen LogP contribution in [0.1, 0.15) is 29.2 Å². The highest BCUT2D eigenvalue weighted by Crippen LogP contribution is 2.31. The molecule has 1 aromatic carbocycles. The summed E-state index contributed by atoms with van der Waals surface area (Å²) in [7, 11) is 4.20. The SMILES string of the molecule is Cc1ccc(C2CN(C(=O)CCc3ccco3)CC2N(C)C)cc1. The molecule has 1 amide bonds. The van der Waals surface area contributed by atoms with Gasteiger partial charge in [-0.2, -0.15) is 0 Å². The molecule has 0 aliphatic carbocycles. The Morgan fingerprint density at radius 1 is 1.21 bits per heavy atom. The fraction of sp³-hybridized carbons (Fsp3) is 0.450. The largest absolute Gasteiger partial charge is 0.469 e. The zero-order chi connectivity index (χ0) is 17.1. The van der Waals surface area contributed by atoms with Crippen molar-refractivity contribution in [1.29, 1.82) is 0 Å². The van der Waals surface area contributed by atoms with Crippen LogP contribution in [0.5, 0.6) is 0 Å². The molecular formula is C20H26N2O2. The smallest absolute Gasteiger partial charge is 0.223 e. The van der Waals surface area contributed by atoms with Crippen LogP contribution in [-0.4, -0.2) is 48.9 Å². The van der Waals surface area contributed by atoms with Gasteiger partial charge in [0.25, 0.3) is 0 Å². The van der Waals surface area contributed by atoms with Crippen LogP contribution in [0, 0.1) is 6.92 Å². The second-order valence-electron chi connectivity index (χ2n) is 6.93. The van der Waals surface area contributed by atoms with Crippen LogP contribution in [0.3, 0.4) is 0 Å². The minimum atomic E-state index is 0.216. The molecule has 2 aromatic rings. The average molecular weight is 326 g/mol. The molecule has 2 atom stereocenters. The Labute approximate surface area is 144 Å². The highest BCUT2D eigenvalue weighted by Gasteiger charge is 2.37. The Balaban J connectivity index is 1.67. The number of carbonyl (C=O) groups excluding carboxylic acids is 1. The van der Waals surface area contributed by atoms with Gasteiger partial charge in [-0.1, -0.05) is 29.8 Å². The predicted molar refractivity (Wildman–Crippen MR) is 95.0 cm³/mol. The van der Waals surface area contributed by atoms with Gasteiger partial charge >= 0.3 is 0 Å². The fourth-order valence-corrected chi connectivity index (χ4v) is 3.50. The number of rotatable bonds is 5. The molecule has 1 aromatic heterocycles. The molecule has 2 unspecified atom stereocenters. The average Bonchev–Trinajstić information content (AvgIpc) is 3.23.